The van der Waals surface area contributed by atoms with Crippen LogP contribution < -0.4 is 5.32 Å². The van der Waals surface area contributed by atoms with Crippen LogP contribution in [0.25, 0.3) is 10.9 Å². The predicted octanol–water partition coefficient (Wildman–Crippen LogP) is 4.23. The van der Waals surface area contributed by atoms with Gasteiger partial charge in [-0.3, -0.25) is 0 Å². The number of fused-ring (bicyclic) bond motifs is 1. The highest BCUT2D eigenvalue weighted by Gasteiger charge is 2.12. The molecule has 0 bridgehead atoms. The van der Waals surface area contributed by atoms with Crippen LogP contribution in [0.15, 0.2) is 30.5 Å². The molecule has 1 heterocycles. The van der Waals surface area contributed by atoms with E-state index in [1.165, 1.54) is 55.0 Å². The van der Waals surface area contributed by atoms with E-state index in [1.54, 1.807) is 0 Å². The zero-order chi connectivity index (χ0) is 12.9. The summed E-state index contributed by atoms with van der Waals surface area (Å²) in [7, 11) is 0. The van der Waals surface area contributed by atoms with Gasteiger partial charge in [0.25, 0.3) is 0 Å². The van der Waals surface area contributed by atoms with Gasteiger partial charge >= 0.3 is 0 Å². The summed E-state index contributed by atoms with van der Waals surface area (Å²) >= 11 is 0. The minimum Gasteiger partial charge on any atom is -0.361 e. The Balaban J connectivity index is 1.48. The zero-order valence-electron chi connectivity index (χ0n) is 11.6. The van der Waals surface area contributed by atoms with Crippen molar-refractivity contribution in [1.82, 2.24) is 10.3 Å². The lowest BCUT2D eigenvalue weighted by Crippen LogP contribution is -2.19. The van der Waals surface area contributed by atoms with Gasteiger partial charge in [-0.2, -0.15) is 0 Å². The summed E-state index contributed by atoms with van der Waals surface area (Å²) in [5.74, 6) is 0.975. The van der Waals surface area contributed by atoms with Gasteiger partial charge in [0, 0.05) is 18.3 Å². The molecule has 1 aromatic heterocycles. The number of rotatable bonds is 5. The fourth-order valence-electron chi connectivity index (χ4n) is 3.30. The minimum atomic E-state index is 0.975. The van der Waals surface area contributed by atoms with E-state index in [1.807, 2.05) is 6.20 Å². The van der Waals surface area contributed by atoms with Crippen molar-refractivity contribution in [1.29, 1.82) is 0 Å². The molecule has 19 heavy (non-hydrogen) atoms. The molecule has 1 aliphatic rings. The molecule has 0 unspecified atom stereocenters. The summed E-state index contributed by atoms with van der Waals surface area (Å²) in [4.78, 5) is 3.34. The quantitative estimate of drug-likeness (QED) is 0.770. The third-order valence-electron chi connectivity index (χ3n) is 4.44. The first-order valence-corrected chi connectivity index (χ1v) is 7.69. The van der Waals surface area contributed by atoms with Gasteiger partial charge in [-0.25, -0.2) is 0 Å². The van der Waals surface area contributed by atoms with Crippen molar-refractivity contribution in [3.8, 4) is 0 Å². The second-order valence-electron chi connectivity index (χ2n) is 5.83. The van der Waals surface area contributed by atoms with Crippen LogP contribution in [0, 0.1) is 5.92 Å². The van der Waals surface area contributed by atoms with Crippen LogP contribution >= 0.6 is 0 Å². The Bertz CT molecular complexity index is 509. The summed E-state index contributed by atoms with van der Waals surface area (Å²) in [6.45, 7) is 2.13. The largest absolute Gasteiger partial charge is 0.361 e. The first-order valence-electron chi connectivity index (χ1n) is 7.69. The van der Waals surface area contributed by atoms with Gasteiger partial charge < -0.3 is 10.3 Å². The molecule has 2 N–H and O–H groups in total. The summed E-state index contributed by atoms with van der Waals surface area (Å²) in [5, 5.41) is 4.92. The standard InChI is InChI=1S/C17H24N2/c1-2-5-14(6-3-1)9-11-18-13-16-8-4-7-15-10-12-19-17(15)16/h4,7-8,10,12,14,18-19H,1-3,5-6,9,11,13H2. The second-order valence-corrected chi connectivity index (χ2v) is 5.83. The van der Waals surface area contributed by atoms with Crippen molar-refractivity contribution in [3.05, 3.63) is 36.0 Å². The molecule has 0 atom stereocenters. The molecule has 0 aliphatic heterocycles. The van der Waals surface area contributed by atoms with Gasteiger partial charge in [0.05, 0.1) is 0 Å². The number of aromatic amines is 1. The average Bonchev–Trinajstić information content (AvgIpc) is 2.94. The van der Waals surface area contributed by atoms with Crippen LogP contribution in [0.1, 0.15) is 44.1 Å². The molecule has 2 nitrogen and oxygen atoms in total. The first-order chi connectivity index (χ1) is 9.43. The lowest BCUT2D eigenvalue weighted by atomic mass is 9.87. The third kappa shape index (κ3) is 3.19. The molecule has 0 saturated heterocycles. The van der Waals surface area contributed by atoms with Gasteiger partial charge in [-0.15, -0.1) is 0 Å². The number of para-hydroxylation sites is 1. The Morgan fingerprint density at radius 1 is 1.11 bits per heavy atom. The number of H-pyrrole nitrogens is 1. The molecule has 1 aromatic carbocycles. The third-order valence-corrected chi connectivity index (χ3v) is 4.44. The van der Waals surface area contributed by atoms with Crippen molar-refractivity contribution in [2.24, 2.45) is 5.92 Å². The Morgan fingerprint density at radius 3 is 2.89 bits per heavy atom. The highest BCUT2D eigenvalue weighted by atomic mass is 14.9. The molecule has 1 fully saturated rings. The second kappa shape index (κ2) is 6.25. The number of hydrogen-bond donors (Lipinski definition) is 2. The fourth-order valence-corrected chi connectivity index (χ4v) is 3.30. The molecule has 1 aliphatic carbocycles. The van der Waals surface area contributed by atoms with Crippen molar-refractivity contribution in [2.75, 3.05) is 6.54 Å². The maximum absolute atomic E-state index is 3.61. The lowest BCUT2D eigenvalue weighted by Gasteiger charge is -2.21. The van der Waals surface area contributed by atoms with Gasteiger partial charge in [0.15, 0.2) is 0 Å². The Morgan fingerprint density at radius 2 is 2.00 bits per heavy atom. The monoisotopic (exact) mass is 256 g/mol. The molecule has 3 rings (SSSR count). The fraction of sp³-hybridized carbons (Fsp3) is 0.529. The van der Waals surface area contributed by atoms with E-state index in [9.17, 15) is 0 Å². The average molecular weight is 256 g/mol. The van der Waals surface area contributed by atoms with E-state index < -0.39 is 0 Å². The SMILES string of the molecule is c1cc(CNCCC2CCCCC2)c2[nH]ccc2c1. The van der Waals surface area contributed by atoms with E-state index in [2.05, 4.69) is 34.6 Å². The van der Waals surface area contributed by atoms with Crippen molar-refractivity contribution >= 4 is 10.9 Å². The molecule has 2 heteroatoms. The minimum absolute atomic E-state index is 0.975. The van der Waals surface area contributed by atoms with Crippen LogP contribution in [-0.4, -0.2) is 11.5 Å². The van der Waals surface area contributed by atoms with E-state index in [-0.39, 0.29) is 0 Å². The number of benzene rings is 1. The summed E-state index contributed by atoms with van der Waals surface area (Å²) < 4.78 is 0. The lowest BCUT2D eigenvalue weighted by molar-refractivity contribution is 0.334. The van der Waals surface area contributed by atoms with Crippen LogP contribution in [0.4, 0.5) is 0 Å². The van der Waals surface area contributed by atoms with Gasteiger partial charge in [0.2, 0.25) is 0 Å². The topological polar surface area (TPSA) is 27.8 Å². The van der Waals surface area contributed by atoms with Crippen LogP contribution in [0.3, 0.4) is 0 Å². The summed E-state index contributed by atoms with van der Waals surface area (Å²) in [6.07, 6.45) is 10.6. The molecule has 102 valence electrons. The molecule has 0 radical (unpaired) electrons. The van der Waals surface area contributed by atoms with Crippen molar-refractivity contribution in [2.45, 2.75) is 45.1 Å². The normalized spacial score (nSPS) is 17.1. The summed E-state index contributed by atoms with van der Waals surface area (Å²) in [5.41, 5.74) is 2.67. The van der Waals surface area contributed by atoms with Crippen LogP contribution in [0.5, 0.6) is 0 Å². The number of aromatic nitrogens is 1. The van der Waals surface area contributed by atoms with Gasteiger partial charge in [0.1, 0.15) is 0 Å². The highest BCUT2D eigenvalue weighted by Crippen LogP contribution is 2.25. The number of hydrogen-bond acceptors (Lipinski definition) is 1. The van der Waals surface area contributed by atoms with E-state index in [0.29, 0.717) is 0 Å². The maximum Gasteiger partial charge on any atom is 0.0499 e. The Hall–Kier alpha value is -1.28. The first kappa shape index (κ1) is 12.7. The van der Waals surface area contributed by atoms with Gasteiger partial charge in [-0.1, -0.05) is 50.3 Å². The molecule has 1 saturated carbocycles. The van der Waals surface area contributed by atoms with E-state index in [4.69, 9.17) is 0 Å². The van der Waals surface area contributed by atoms with Crippen molar-refractivity contribution < 1.29 is 0 Å². The van der Waals surface area contributed by atoms with E-state index >= 15 is 0 Å². The van der Waals surface area contributed by atoms with E-state index in [0.717, 1.165) is 19.0 Å². The maximum atomic E-state index is 3.61. The van der Waals surface area contributed by atoms with Gasteiger partial charge in [-0.05, 0) is 35.9 Å². The van der Waals surface area contributed by atoms with Crippen molar-refractivity contribution in [3.63, 3.8) is 0 Å². The summed E-state index contributed by atoms with van der Waals surface area (Å²) in [6, 6.07) is 8.67. The predicted molar refractivity (Wildman–Crippen MR) is 81.2 cm³/mol. The molecular formula is C17H24N2. The molecule has 0 amide bonds. The Kier molecular flexibility index (Phi) is 4.19. The molecule has 2 aromatic rings. The zero-order valence-corrected chi connectivity index (χ0v) is 11.6. The smallest absolute Gasteiger partial charge is 0.0499 e. The van der Waals surface area contributed by atoms with Crippen LogP contribution in [-0.2, 0) is 6.54 Å². The Labute approximate surface area is 115 Å². The molecule has 0 spiro atoms. The highest BCUT2D eigenvalue weighted by molar-refractivity contribution is 5.82. The van der Waals surface area contributed by atoms with Crippen LogP contribution in [0.2, 0.25) is 0 Å². The molecular weight excluding hydrogens is 232 g/mol. The number of nitrogens with one attached hydrogen (secondary N) is 2.